The number of rotatable bonds is 6. The van der Waals surface area contributed by atoms with E-state index in [-0.39, 0.29) is 35.3 Å². The van der Waals surface area contributed by atoms with Crippen LogP contribution in [0.3, 0.4) is 0 Å². The number of imide groups is 2. The molecule has 38 heavy (non-hydrogen) atoms. The van der Waals surface area contributed by atoms with Crippen LogP contribution < -0.4 is 9.13 Å². The molecule has 4 heterocycles. The van der Waals surface area contributed by atoms with Gasteiger partial charge in [0, 0.05) is 30.8 Å². The molecule has 12 heteroatoms. The summed E-state index contributed by atoms with van der Waals surface area (Å²) in [5.41, 5.74) is 1.11. The highest BCUT2D eigenvalue weighted by Gasteiger charge is 2.42. The van der Waals surface area contributed by atoms with Crippen molar-refractivity contribution in [1.29, 1.82) is 0 Å². The van der Waals surface area contributed by atoms with Crippen LogP contribution in [0.2, 0.25) is 0 Å². The van der Waals surface area contributed by atoms with E-state index in [1.54, 1.807) is 12.1 Å². The summed E-state index contributed by atoms with van der Waals surface area (Å²) in [4.78, 5) is 56.9. The molecule has 4 amide bonds. The maximum Gasteiger partial charge on any atom is 0.262 e. The summed E-state index contributed by atoms with van der Waals surface area (Å²) in [6.45, 7) is 1.20. The Hall–Kier alpha value is -3.64. The minimum atomic E-state index is -0.464. The van der Waals surface area contributed by atoms with Gasteiger partial charge in [0.05, 0.1) is 38.3 Å². The van der Waals surface area contributed by atoms with Gasteiger partial charge in [0.25, 0.3) is 23.6 Å². The molecule has 4 aromatic rings. The van der Waals surface area contributed by atoms with Crippen LogP contribution in [0, 0.1) is 0 Å². The molecule has 2 aromatic heterocycles. The van der Waals surface area contributed by atoms with Crippen molar-refractivity contribution in [2.75, 3.05) is 13.1 Å². The SMILES string of the molecule is C[n+]1ccn(CCN2C(=O)c3cc(Br)c4c5c(cc(Br)c(c35)C2=O)C(=O)N(CCn2cc[n+](C)c2)C4=O)c1. The molecule has 2 aliphatic rings. The number of hydrogen-bond donors (Lipinski definition) is 0. The highest BCUT2D eigenvalue weighted by molar-refractivity contribution is 9.10. The minimum Gasteiger partial charge on any atom is -0.270 e. The van der Waals surface area contributed by atoms with Crippen molar-refractivity contribution in [1.82, 2.24) is 18.9 Å². The third-order valence-corrected chi connectivity index (χ3v) is 8.24. The minimum absolute atomic E-state index is 0.170. The molecule has 0 N–H and O–H groups in total. The fourth-order valence-corrected chi connectivity index (χ4v) is 6.37. The Morgan fingerprint density at radius 1 is 0.632 bits per heavy atom. The molecular formula is C26H22Br2N6O4+2. The van der Waals surface area contributed by atoms with E-state index in [4.69, 9.17) is 0 Å². The number of benzene rings is 2. The number of hydrogen-bond acceptors (Lipinski definition) is 4. The Morgan fingerprint density at radius 3 is 1.37 bits per heavy atom. The first kappa shape index (κ1) is 24.7. The average molecular weight is 642 g/mol. The summed E-state index contributed by atoms with van der Waals surface area (Å²) in [5, 5.41) is 0.676. The Kier molecular flexibility index (Phi) is 5.84. The Bertz CT molecular complexity index is 1600. The smallest absolute Gasteiger partial charge is 0.262 e. The van der Waals surface area contributed by atoms with Gasteiger partial charge in [-0.25, -0.2) is 18.3 Å². The van der Waals surface area contributed by atoms with Crippen molar-refractivity contribution in [2.24, 2.45) is 14.1 Å². The van der Waals surface area contributed by atoms with Gasteiger partial charge < -0.3 is 0 Å². The van der Waals surface area contributed by atoms with E-state index in [0.717, 1.165) is 0 Å². The van der Waals surface area contributed by atoms with Gasteiger partial charge in [-0.2, -0.15) is 0 Å². The first-order chi connectivity index (χ1) is 18.2. The van der Waals surface area contributed by atoms with Crippen LogP contribution in [0.1, 0.15) is 41.4 Å². The normalized spacial score (nSPS) is 14.8. The van der Waals surface area contributed by atoms with Crippen molar-refractivity contribution < 1.29 is 28.3 Å². The van der Waals surface area contributed by atoms with E-state index >= 15 is 0 Å². The monoisotopic (exact) mass is 640 g/mol. The number of carbonyl (C=O) groups is 4. The van der Waals surface area contributed by atoms with E-state index in [9.17, 15) is 19.2 Å². The largest absolute Gasteiger partial charge is 0.270 e. The summed E-state index contributed by atoms with van der Waals surface area (Å²) in [6.07, 6.45) is 11.2. The second-order valence-electron chi connectivity index (χ2n) is 9.47. The second kappa shape index (κ2) is 8.98. The predicted molar refractivity (Wildman–Crippen MR) is 141 cm³/mol. The predicted octanol–water partition coefficient (Wildman–Crippen LogP) is 2.21. The van der Waals surface area contributed by atoms with Crippen molar-refractivity contribution in [2.45, 2.75) is 13.1 Å². The van der Waals surface area contributed by atoms with Crippen LogP contribution in [0.4, 0.5) is 0 Å². The van der Waals surface area contributed by atoms with Crippen molar-refractivity contribution in [3.05, 3.63) is 80.8 Å². The number of imidazole rings is 2. The quantitative estimate of drug-likeness (QED) is 0.239. The van der Waals surface area contributed by atoms with E-state index in [1.807, 2.05) is 69.8 Å². The van der Waals surface area contributed by atoms with E-state index in [0.29, 0.717) is 32.8 Å². The number of nitrogens with zero attached hydrogens (tertiary/aromatic N) is 6. The summed E-state index contributed by atoms with van der Waals surface area (Å²) in [7, 11) is 3.78. The van der Waals surface area contributed by atoms with Gasteiger partial charge in [-0.1, -0.05) is 0 Å². The lowest BCUT2D eigenvalue weighted by atomic mass is 9.86. The van der Waals surface area contributed by atoms with Gasteiger partial charge in [-0.15, -0.1) is 0 Å². The van der Waals surface area contributed by atoms with E-state index < -0.39 is 23.6 Å². The van der Waals surface area contributed by atoms with Gasteiger partial charge >= 0.3 is 0 Å². The molecule has 0 saturated heterocycles. The third kappa shape index (κ3) is 3.73. The highest BCUT2D eigenvalue weighted by atomic mass is 79.9. The van der Waals surface area contributed by atoms with E-state index in [1.165, 1.54) is 9.80 Å². The lowest BCUT2D eigenvalue weighted by molar-refractivity contribution is -0.671. The molecule has 10 nitrogen and oxygen atoms in total. The zero-order valence-electron chi connectivity index (χ0n) is 20.5. The molecule has 2 aliphatic heterocycles. The van der Waals surface area contributed by atoms with E-state index in [2.05, 4.69) is 31.9 Å². The van der Waals surface area contributed by atoms with Gasteiger partial charge in [0.2, 0.25) is 12.7 Å². The highest BCUT2D eigenvalue weighted by Crippen LogP contribution is 2.43. The first-order valence-corrected chi connectivity index (χ1v) is 13.5. The maximum absolute atomic E-state index is 13.6. The van der Waals surface area contributed by atoms with Crippen LogP contribution in [0.15, 0.2) is 58.5 Å². The molecule has 0 unspecified atom stereocenters. The fourth-order valence-electron chi connectivity index (χ4n) is 5.18. The number of halogens is 2. The molecule has 0 spiro atoms. The summed E-state index contributed by atoms with van der Waals surface area (Å²) >= 11 is 6.98. The third-order valence-electron chi connectivity index (χ3n) is 6.99. The number of aromatic nitrogens is 4. The van der Waals surface area contributed by atoms with Gasteiger partial charge in [-0.05, 0) is 44.0 Å². The molecular weight excluding hydrogens is 620 g/mol. The van der Waals surface area contributed by atoms with Crippen molar-refractivity contribution in [3.63, 3.8) is 0 Å². The fraction of sp³-hybridized carbons (Fsp3) is 0.231. The summed E-state index contributed by atoms with van der Waals surface area (Å²) < 4.78 is 8.35. The lowest BCUT2D eigenvalue weighted by Crippen LogP contribution is -2.45. The van der Waals surface area contributed by atoms with Crippen molar-refractivity contribution >= 4 is 66.3 Å². The molecule has 0 atom stereocenters. The molecule has 192 valence electrons. The van der Waals surface area contributed by atoms with Crippen LogP contribution in [0.25, 0.3) is 10.8 Å². The molecule has 0 saturated carbocycles. The van der Waals surface area contributed by atoms with Crippen LogP contribution in [-0.2, 0) is 27.2 Å². The van der Waals surface area contributed by atoms with Crippen LogP contribution in [0.5, 0.6) is 0 Å². The maximum atomic E-state index is 13.6. The Labute approximate surface area is 233 Å². The van der Waals surface area contributed by atoms with Crippen LogP contribution >= 0.6 is 31.9 Å². The molecule has 0 aliphatic carbocycles. The number of amides is 4. The molecule has 2 aromatic carbocycles. The van der Waals surface area contributed by atoms with Crippen LogP contribution in [-0.4, -0.2) is 55.7 Å². The summed E-state index contributed by atoms with van der Waals surface area (Å²) in [6, 6.07) is 3.18. The zero-order chi connectivity index (χ0) is 26.9. The topological polar surface area (TPSA) is 92.4 Å². The molecule has 0 fully saturated rings. The molecule has 0 radical (unpaired) electrons. The summed E-state index contributed by atoms with van der Waals surface area (Å²) in [5.74, 6) is -1.85. The standard InChI is InChI=1S/C26H22Br2N6O4/c1-29-3-5-31(13-29)7-9-33-23(35)15-11-18(28)22-20-16(12-17(27)21(19(15)20)25(33)37)24(36)34(26(22)38)10-8-32-6-4-30(2)14-32/h3-6,11-14H,7-10H2,1-2H3/q+2. The van der Waals surface area contributed by atoms with Gasteiger partial charge in [0.1, 0.15) is 37.9 Å². The second-order valence-corrected chi connectivity index (χ2v) is 11.2. The first-order valence-electron chi connectivity index (χ1n) is 11.9. The van der Waals surface area contributed by atoms with Gasteiger partial charge in [-0.3, -0.25) is 29.0 Å². The Balaban J connectivity index is 1.42. The number of aryl methyl sites for hydroxylation is 2. The lowest BCUT2D eigenvalue weighted by Gasteiger charge is -2.32. The average Bonchev–Trinajstić information content (AvgIpc) is 3.48. The molecule has 6 rings (SSSR count). The number of carbonyl (C=O) groups excluding carboxylic acids is 4. The Morgan fingerprint density at radius 2 is 1.03 bits per heavy atom. The van der Waals surface area contributed by atoms with Gasteiger partial charge in [0.15, 0.2) is 0 Å². The zero-order valence-corrected chi connectivity index (χ0v) is 23.7. The van der Waals surface area contributed by atoms with Crippen molar-refractivity contribution in [3.8, 4) is 0 Å². The molecule has 0 bridgehead atoms.